The Bertz CT molecular complexity index is 1690. The van der Waals surface area contributed by atoms with Crippen LogP contribution in [0.25, 0.3) is 33.4 Å². The van der Waals surface area contributed by atoms with E-state index in [0.29, 0.717) is 52.3 Å². The first-order valence-corrected chi connectivity index (χ1v) is 13.6. The maximum absolute atomic E-state index is 13.3. The number of aryl methyl sites for hydroxylation is 1. The standard InChI is InChI=1S/C31H31FN6O3/c1-16(2)30(39)36-20-7-4-17(5-8-20)27-25(26-28(33)34-15-35-29(26)38(27)3)18-6-11-23(24(12-18)41-22-9-10-22)31(40)37-21-13-19(32)14-21/h4-8,11-12,15,19,21-22H,1,9-10,13-14H2,2-3H3,(H,36,39)(H,37,40)(H2,33,34,35). The third kappa shape index (κ3) is 5.13. The summed E-state index contributed by atoms with van der Waals surface area (Å²) in [6, 6.07) is 12.8. The minimum Gasteiger partial charge on any atom is -0.490 e. The van der Waals surface area contributed by atoms with Gasteiger partial charge in [-0.25, -0.2) is 14.4 Å². The summed E-state index contributed by atoms with van der Waals surface area (Å²) in [4.78, 5) is 34.0. The predicted octanol–water partition coefficient (Wildman–Crippen LogP) is 5.17. The molecule has 2 aliphatic rings. The first kappa shape index (κ1) is 26.5. The number of hydrogen-bond acceptors (Lipinski definition) is 6. The number of ether oxygens (including phenoxy) is 1. The van der Waals surface area contributed by atoms with Crippen LogP contribution in [0, 0.1) is 0 Å². The van der Waals surface area contributed by atoms with Crippen LogP contribution < -0.4 is 21.1 Å². The number of nitrogen functional groups attached to an aromatic ring is 1. The number of fused-ring (bicyclic) bond motifs is 1. The highest BCUT2D eigenvalue weighted by atomic mass is 19.1. The fourth-order valence-electron chi connectivity index (χ4n) is 5.10. The van der Waals surface area contributed by atoms with Gasteiger partial charge in [-0.15, -0.1) is 0 Å². The second kappa shape index (κ2) is 10.3. The number of carbonyl (C=O) groups is 2. The first-order valence-electron chi connectivity index (χ1n) is 13.6. The van der Waals surface area contributed by atoms with Gasteiger partial charge < -0.3 is 25.7 Å². The van der Waals surface area contributed by atoms with Crippen molar-refractivity contribution < 1.29 is 18.7 Å². The lowest BCUT2D eigenvalue weighted by molar-refractivity contribution is -0.112. The Labute approximate surface area is 236 Å². The van der Waals surface area contributed by atoms with E-state index in [0.717, 1.165) is 35.2 Å². The zero-order valence-electron chi connectivity index (χ0n) is 22.9. The summed E-state index contributed by atoms with van der Waals surface area (Å²) < 4.78 is 21.5. The molecule has 0 bridgehead atoms. The van der Waals surface area contributed by atoms with Gasteiger partial charge >= 0.3 is 0 Å². The molecule has 0 saturated heterocycles. The van der Waals surface area contributed by atoms with E-state index in [9.17, 15) is 14.0 Å². The Balaban J connectivity index is 1.45. The van der Waals surface area contributed by atoms with Crippen molar-refractivity contribution in [2.45, 2.75) is 50.9 Å². The minimum atomic E-state index is -0.862. The van der Waals surface area contributed by atoms with E-state index in [1.165, 1.54) is 6.33 Å². The van der Waals surface area contributed by atoms with Gasteiger partial charge in [-0.1, -0.05) is 24.8 Å². The number of nitrogens with zero attached hydrogens (tertiary/aromatic N) is 3. The van der Waals surface area contributed by atoms with Gasteiger partial charge in [0.2, 0.25) is 0 Å². The summed E-state index contributed by atoms with van der Waals surface area (Å²) >= 11 is 0. The largest absolute Gasteiger partial charge is 0.490 e. The van der Waals surface area contributed by atoms with Crippen molar-refractivity contribution in [2.75, 3.05) is 11.1 Å². The highest BCUT2D eigenvalue weighted by Gasteiger charge is 2.32. The van der Waals surface area contributed by atoms with E-state index in [2.05, 4.69) is 27.2 Å². The van der Waals surface area contributed by atoms with Crippen LogP contribution in [-0.4, -0.2) is 44.7 Å². The monoisotopic (exact) mass is 554 g/mol. The Hall–Kier alpha value is -4.73. The highest BCUT2D eigenvalue weighted by molar-refractivity contribution is 6.09. The molecule has 2 aromatic heterocycles. The lowest BCUT2D eigenvalue weighted by Crippen LogP contribution is -2.45. The summed E-state index contributed by atoms with van der Waals surface area (Å²) in [5, 5.41) is 6.43. The van der Waals surface area contributed by atoms with Gasteiger partial charge in [-0.05, 0) is 68.0 Å². The SMILES string of the molecule is C=C(C)C(=O)Nc1ccc(-c2c(-c3ccc(C(=O)NC4CC(F)C4)c(OC4CC4)c3)c3c(N)ncnc3n2C)cc1. The average Bonchev–Trinajstić information content (AvgIpc) is 3.69. The van der Waals surface area contributed by atoms with E-state index in [1.54, 1.807) is 13.0 Å². The summed E-state index contributed by atoms with van der Waals surface area (Å²) in [6.07, 6.45) is 3.13. The lowest BCUT2D eigenvalue weighted by atomic mass is 9.90. The smallest absolute Gasteiger partial charge is 0.255 e. The Kier molecular flexibility index (Phi) is 6.69. The van der Waals surface area contributed by atoms with Gasteiger partial charge in [-0.2, -0.15) is 0 Å². The molecule has 9 nitrogen and oxygen atoms in total. The number of anilines is 2. The van der Waals surface area contributed by atoms with Crippen molar-refractivity contribution in [3.63, 3.8) is 0 Å². The number of alkyl halides is 1. The minimum absolute atomic E-state index is 0.0538. The van der Waals surface area contributed by atoms with Crippen LogP contribution in [0.15, 0.2) is 60.9 Å². The number of amides is 2. The molecule has 6 rings (SSSR count). The maximum Gasteiger partial charge on any atom is 0.255 e. The normalized spacial score (nSPS) is 18.0. The molecule has 0 radical (unpaired) electrons. The van der Waals surface area contributed by atoms with Crippen LogP contribution in [-0.2, 0) is 11.8 Å². The number of nitrogens with two attached hydrogens (primary N) is 1. The molecule has 41 heavy (non-hydrogen) atoms. The van der Waals surface area contributed by atoms with Gasteiger partial charge in [0.15, 0.2) is 0 Å². The fourth-order valence-corrected chi connectivity index (χ4v) is 5.10. The number of hydrogen-bond donors (Lipinski definition) is 3. The van der Waals surface area contributed by atoms with Crippen LogP contribution in [0.4, 0.5) is 15.9 Å². The quantitative estimate of drug-likeness (QED) is 0.258. The maximum atomic E-state index is 13.3. The summed E-state index contributed by atoms with van der Waals surface area (Å²) in [5.41, 5.74) is 11.8. The second-order valence-electron chi connectivity index (χ2n) is 10.8. The zero-order chi connectivity index (χ0) is 28.8. The molecule has 2 aliphatic carbocycles. The predicted molar refractivity (Wildman–Crippen MR) is 156 cm³/mol. The molecule has 210 valence electrons. The van der Waals surface area contributed by atoms with Crippen LogP contribution in [0.2, 0.25) is 0 Å². The van der Waals surface area contributed by atoms with Crippen molar-refractivity contribution >= 4 is 34.4 Å². The van der Waals surface area contributed by atoms with Crippen molar-refractivity contribution in [2.24, 2.45) is 7.05 Å². The van der Waals surface area contributed by atoms with Gasteiger partial charge in [0, 0.05) is 29.9 Å². The fraction of sp³-hybridized carbons (Fsp3) is 0.290. The number of nitrogens with one attached hydrogen (secondary N) is 2. The number of rotatable bonds is 8. The zero-order valence-corrected chi connectivity index (χ0v) is 22.9. The summed E-state index contributed by atoms with van der Waals surface area (Å²) in [6.45, 7) is 5.34. The molecule has 4 N–H and O–H groups in total. The second-order valence-corrected chi connectivity index (χ2v) is 10.8. The highest BCUT2D eigenvalue weighted by Crippen LogP contribution is 2.43. The van der Waals surface area contributed by atoms with Crippen LogP contribution in [0.1, 0.15) is 43.0 Å². The molecule has 0 unspecified atom stereocenters. The molecule has 0 aliphatic heterocycles. The average molecular weight is 555 g/mol. The van der Waals surface area contributed by atoms with Crippen molar-refractivity contribution in [3.05, 3.63) is 66.5 Å². The number of halogens is 1. The molecule has 10 heteroatoms. The molecule has 2 aromatic carbocycles. The van der Waals surface area contributed by atoms with E-state index >= 15 is 0 Å². The molecule has 4 aromatic rings. The van der Waals surface area contributed by atoms with Crippen molar-refractivity contribution in [1.82, 2.24) is 19.9 Å². The molecule has 0 spiro atoms. The van der Waals surface area contributed by atoms with Gasteiger partial charge in [-0.3, -0.25) is 9.59 Å². The molecular formula is C31H31FN6O3. The third-order valence-corrected chi connectivity index (χ3v) is 7.55. The molecule has 2 saturated carbocycles. The molecule has 2 fully saturated rings. The van der Waals surface area contributed by atoms with E-state index in [4.69, 9.17) is 10.5 Å². The molecule has 2 amide bonds. The number of carbonyl (C=O) groups excluding carboxylic acids is 2. The van der Waals surface area contributed by atoms with E-state index in [-0.39, 0.29) is 24.0 Å². The van der Waals surface area contributed by atoms with Crippen molar-refractivity contribution in [1.29, 1.82) is 0 Å². The molecular weight excluding hydrogens is 523 g/mol. The topological polar surface area (TPSA) is 124 Å². The summed E-state index contributed by atoms with van der Waals surface area (Å²) in [5.74, 6) is 0.266. The van der Waals surface area contributed by atoms with Crippen molar-refractivity contribution in [3.8, 4) is 28.1 Å². The molecule has 2 heterocycles. The number of benzene rings is 2. The van der Waals surface area contributed by atoms with Gasteiger partial charge in [0.1, 0.15) is 29.7 Å². The molecule has 0 atom stereocenters. The Morgan fingerprint density at radius 1 is 1.10 bits per heavy atom. The van der Waals surface area contributed by atoms with Crippen LogP contribution in [0.5, 0.6) is 5.75 Å². The third-order valence-electron chi connectivity index (χ3n) is 7.55. The van der Waals surface area contributed by atoms with Gasteiger partial charge in [0.25, 0.3) is 11.8 Å². The number of aromatic nitrogens is 3. The van der Waals surface area contributed by atoms with Gasteiger partial charge in [0.05, 0.1) is 22.7 Å². The van der Waals surface area contributed by atoms with Crippen LogP contribution in [0.3, 0.4) is 0 Å². The first-order chi connectivity index (χ1) is 19.7. The summed E-state index contributed by atoms with van der Waals surface area (Å²) in [7, 11) is 1.91. The van der Waals surface area contributed by atoms with E-state index in [1.807, 2.05) is 48.0 Å². The Morgan fingerprint density at radius 3 is 2.46 bits per heavy atom. The Morgan fingerprint density at radius 2 is 1.80 bits per heavy atom. The van der Waals surface area contributed by atoms with Crippen LogP contribution >= 0.6 is 0 Å². The lowest BCUT2D eigenvalue weighted by Gasteiger charge is -2.30. The van der Waals surface area contributed by atoms with E-state index < -0.39 is 6.17 Å².